The number of thiophene rings is 1. The predicted molar refractivity (Wildman–Crippen MR) is 107 cm³/mol. The lowest BCUT2D eigenvalue weighted by molar-refractivity contribution is 0.0682. The van der Waals surface area contributed by atoms with Crippen LogP contribution in [0.15, 0.2) is 29.6 Å². The summed E-state index contributed by atoms with van der Waals surface area (Å²) in [7, 11) is 1.33. The summed E-state index contributed by atoms with van der Waals surface area (Å²) in [5, 5.41) is 1.93. The smallest absolute Gasteiger partial charge is 0.254 e. The molecule has 0 radical (unpaired) electrons. The van der Waals surface area contributed by atoms with Crippen LogP contribution in [0.4, 0.5) is 0 Å². The molecule has 1 aromatic carbocycles. The summed E-state index contributed by atoms with van der Waals surface area (Å²) in [6, 6.07) is 6.67. The van der Waals surface area contributed by atoms with Crippen LogP contribution < -0.4 is 14.2 Å². The Labute approximate surface area is 168 Å². The van der Waals surface area contributed by atoms with Crippen molar-refractivity contribution in [1.29, 1.82) is 0 Å². The first kappa shape index (κ1) is 20.5. The number of benzene rings is 1. The Kier molecular flexibility index (Phi) is 6.14. The van der Waals surface area contributed by atoms with Crippen molar-refractivity contribution in [3.05, 3.63) is 40.1 Å². The minimum absolute atomic E-state index is 0.0193. The molecule has 7 nitrogen and oxygen atoms in total. The number of nitrogens with zero attached hydrogens (tertiary/aromatic N) is 1. The van der Waals surface area contributed by atoms with E-state index in [0.717, 1.165) is 4.88 Å². The van der Waals surface area contributed by atoms with E-state index in [1.54, 1.807) is 17.0 Å². The molecule has 1 fully saturated rings. The highest BCUT2D eigenvalue weighted by atomic mass is 32.2. The second-order valence-corrected chi connectivity index (χ2v) is 9.74. The van der Waals surface area contributed by atoms with Crippen LogP contribution >= 0.6 is 11.3 Å². The van der Waals surface area contributed by atoms with Crippen molar-refractivity contribution in [2.24, 2.45) is 0 Å². The molecule has 0 spiro atoms. The average molecular weight is 426 g/mol. The molecule has 0 aliphatic carbocycles. The number of hydrogen-bond donors (Lipinski definition) is 0. The van der Waals surface area contributed by atoms with Gasteiger partial charge in [0.1, 0.15) is 0 Å². The molecule has 1 unspecified atom stereocenters. The van der Waals surface area contributed by atoms with E-state index in [1.807, 2.05) is 17.5 Å². The van der Waals surface area contributed by atoms with Gasteiger partial charge < -0.3 is 19.1 Å². The summed E-state index contributed by atoms with van der Waals surface area (Å²) in [6.45, 7) is 0.355. The van der Waals surface area contributed by atoms with Crippen molar-refractivity contribution < 1.29 is 27.4 Å². The second-order valence-electron chi connectivity index (χ2n) is 6.48. The fourth-order valence-electron chi connectivity index (χ4n) is 3.33. The quantitative estimate of drug-likeness (QED) is 0.678. The molecule has 1 aromatic heterocycles. The molecule has 1 amide bonds. The zero-order valence-corrected chi connectivity index (χ0v) is 17.6. The topological polar surface area (TPSA) is 82.1 Å². The highest BCUT2D eigenvalue weighted by molar-refractivity contribution is 7.91. The van der Waals surface area contributed by atoms with E-state index in [2.05, 4.69) is 0 Å². The predicted octanol–water partition coefficient (Wildman–Crippen LogP) is 2.60. The zero-order chi connectivity index (χ0) is 20.3. The van der Waals surface area contributed by atoms with Gasteiger partial charge in [-0.3, -0.25) is 4.79 Å². The highest BCUT2D eigenvalue weighted by Gasteiger charge is 2.35. The van der Waals surface area contributed by atoms with E-state index in [0.29, 0.717) is 35.8 Å². The summed E-state index contributed by atoms with van der Waals surface area (Å²) in [5.74, 6) is 0.959. The van der Waals surface area contributed by atoms with Gasteiger partial charge in [0.15, 0.2) is 21.3 Å². The lowest BCUT2D eigenvalue weighted by Crippen LogP contribution is -2.40. The Balaban J connectivity index is 1.99. The molecule has 1 aliphatic rings. The number of methoxy groups -OCH3 is 3. The van der Waals surface area contributed by atoms with E-state index in [4.69, 9.17) is 14.2 Å². The van der Waals surface area contributed by atoms with E-state index in [-0.39, 0.29) is 23.5 Å². The van der Waals surface area contributed by atoms with Gasteiger partial charge in [-0.05, 0) is 30.0 Å². The van der Waals surface area contributed by atoms with Crippen LogP contribution in [0, 0.1) is 0 Å². The SMILES string of the molecule is COc1cc(C(=O)N(Cc2cccs2)C2CCS(=O)(=O)C2)cc(OC)c1OC. The molecule has 1 saturated heterocycles. The van der Waals surface area contributed by atoms with Gasteiger partial charge in [0.25, 0.3) is 5.91 Å². The summed E-state index contributed by atoms with van der Waals surface area (Å²) >= 11 is 1.53. The van der Waals surface area contributed by atoms with Crippen molar-refractivity contribution in [3.8, 4) is 17.2 Å². The lowest BCUT2D eigenvalue weighted by atomic mass is 10.1. The molecule has 0 N–H and O–H groups in total. The van der Waals surface area contributed by atoms with E-state index in [1.165, 1.54) is 32.7 Å². The summed E-state index contributed by atoms with van der Waals surface area (Å²) in [5.41, 5.74) is 0.357. The third kappa shape index (κ3) is 4.25. The second kappa shape index (κ2) is 8.40. The number of carbonyl (C=O) groups excluding carboxylic acids is 1. The first-order valence-electron chi connectivity index (χ1n) is 8.72. The van der Waals surface area contributed by atoms with Crippen LogP contribution in [0.2, 0.25) is 0 Å². The Morgan fingerprint density at radius 1 is 1.18 bits per heavy atom. The molecule has 0 bridgehead atoms. The fraction of sp³-hybridized carbons (Fsp3) is 0.421. The Morgan fingerprint density at radius 3 is 2.32 bits per heavy atom. The van der Waals surface area contributed by atoms with Gasteiger partial charge in [-0.1, -0.05) is 6.07 Å². The molecule has 3 rings (SSSR count). The van der Waals surface area contributed by atoms with Gasteiger partial charge in [0.05, 0.1) is 39.4 Å². The summed E-state index contributed by atoms with van der Waals surface area (Å²) < 4.78 is 40.0. The zero-order valence-electron chi connectivity index (χ0n) is 16.0. The molecule has 2 heterocycles. The normalized spacial score (nSPS) is 17.9. The van der Waals surface area contributed by atoms with E-state index >= 15 is 0 Å². The number of ether oxygens (including phenoxy) is 3. The molecule has 1 atom stereocenters. The van der Waals surface area contributed by atoms with Crippen LogP contribution in [0.3, 0.4) is 0 Å². The van der Waals surface area contributed by atoms with Gasteiger partial charge in [0, 0.05) is 16.5 Å². The van der Waals surface area contributed by atoms with Crippen molar-refractivity contribution in [2.45, 2.75) is 19.0 Å². The molecule has 1 aliphatic heterocycles. The van der Waals surface area contributed by atoms with Crippen LogP contribution in [0.1, 0.15) is 21.7 Å². The third-order valence-electron chi connectivity index (χ3n) is 4.73. The summed E-state index contributed by atoms with van der Waals surface area (Å²) in [4.78, 5) is 16.0. The van der Waals surface area contributed by atoms with E-state index < -0.39 is 9.84 Å². The number of sulfone groups is 1. The Hall–Kier alpha value is -2.26. The number of hydrogen-bond acceptors (Lipinski definition) is 7. The van der Waals surface area contributed by atoms with Crippen LogP contribution in [-0.4, -0.2) is 58.1 Å². The van der Waals surface area contributed by atoms with Crippen LogP contribution in [0.25, 0.3) is 0 Å². The standard InChI is InChI=1S/C19H23NO6S2/c1-24-16-9-13(10-17(25-2)18(16)26-3)19(21)20(11-15-5-4-7-27-15)14-6-8-28(22,23)12-14/h4-5,7,9-10,14H,6,8,11-12H2,1-3H3. The monoisotopic (exact) mass is 425 g/mol. The third-order valence-corrected chi connectivity index (χ3v) is 7.34. The first-order valence-corrected chi connectivity index (χ1v) is 11.4. The molecule has 0 saturated carbocycles. The maximum atomic E-state index is 13.4. The summed E-state index contributed by atoms with van der Waals surface area (Å²) in [6.07, 6.45) is 0.434. The van der Waals surface area contributed by atoms with Gasteiger partial charge >= 0.3 is 0 Å². The molecule has 2 aromatic rings. The van der Waals surface area contributed by atoms with Gasteiger partial charge in [-0.25, -0.2) is 8.42 Å². The minimum Gasteiger partial charge on any atom is -0.493 e. The van der Waals surface area contributed by atoms with Crippen molar-refractivity contribution in [2.75, 3.05) is 32.8 Å². The Morgan fingerprint density at radius 2 is 1.86 bits per heavy atom. The van der Waals surface area contributed by atoms with E-state index in [9.17, 15) is 13.2 Å². The maximum Gasteiger partial charge on any atom is 0.254 e. The maximum absolute atomic E-state index is 13.4. The van der Waals surface area contributed by atoms with Crippen molar-refractivity contribution in [1.82, 2.24) is 4.90 Å². The lowest BCUT2D eigenvalue weighted by Gasteiger charge is -2.28. The molecule has 152 valence electrons. The van der Waals surface area contributed by atoms with Gasteiger partial charge in [-0.15, -0.1) is 11.3 Å². The first-order chi connectivity index (χ1) is 13.4. The number of rotatable bonds is 7. The molecular weight excluding hydrogens is 402 g/mol. The number of carbonyl (C=O) groups is 1. The average Bonchev–Trinajstić information content (AvgIpc) is 3.33. The minimum atomic E-state index is -3.13. The molecule has 9 heteroatoms. The Bertz CT molecular complexity index is 914. The van der Waals surface area contributed by atoms with Crippen molar-refractivity contribution in [3.63, 3.8) is 0 Å². The molecular formula is C19H23NO6S2. The highest BCUT2D eigenvalue weighted by Crippen LogP contribution is 2.39. The van der Waals surface area contributed by atoms with Gasteiger partial charge in [0.2, 0.25) is 5.75 Å². The van der Waals surface area contributed by atoms with Crippen LogP contribution in [-0.2, 0) is 16.4 Å². The van der Waals surface area contributed by atoms with Crippen molar-refractivity contribution >= 4 is 27.1 Å². The molecule has 28 heavy (non-hydrogen) atoms. The fourth-order valence-corrected chi connectivity index (χ4v) is 5.76. The number of amides is 1. The largest absolute Gasteiger partial charge is 0.493 e. The van der Waals surface area contributed by atoms with Gasteiger partial charge in [-0.2, -0.15) is 0 Å². The van der Waals surface area contributed by atoms with Crippen LogP contribution in [0.5, 0.6) is 17.2 Å².